The summed E-state index contributed by atoms with van der Waals surface area (Å²) in [4.78, 5) is 6.84. The number of nitrogens with zero attached hydrogens (tertiary/aromatic N) is 2. The molecule has 0 aromatic carbocycles. The summed E-state index contributed by atoms with van der Waals surface area (Å²) in [6.45, 7) is 11.3. The van der Waals surface area contributed by atoms with Crippen LogP contribution in [0.25, 0.3) is 0 Å². The van der Waals surface area contributed by atoms with E-state index >= 15 is 0 Å². The Morgan fingerprint density at radius 1 is 1.06 bits per heavy atom. The molecule has 0 aliphatic heterocycles. The normalized spacial score (nSPS) is 9.71. The van der Waals surface area contributed by atoms with Crippen LogP contribution in [0.15, 0.2) is 4.99 Å². The van der Waals surface area contributed by atoms with Gasteiger partial charge in [-0.3, -0.25) is 4.99 Å². The summed E-state index contributed by atoms with van der Waals surface area (Å²) >= 11 is 0. The Morgan fingerprint density at radius 2 is 1.65 bits per heavy atom. The molecule has 4 nitrogen and oxygen atoms in total. The SMILES string of the molecule is CCCCN(C)CCN=C(NCC)NCC.I. The van der Waals surface area contributed by atoms with Crippen LogP contribution < -0.4 is 10.6 Å². The Morgan fingerprint density at radius 3 is 2.12 bits per heavy atom. The first-order valence-corrected chi connectivity index (χ1v) is 6.45. The molecule has 0 fully saturated rings. The number of rotatable bonds is 8. The Hall–Kier alpha value is -0.0400. The smallest absolute Gasteiger partial charge is 0.191 e. The molecule has 104 valence electrons. The largest absolute Gasteiger partial charge is 0.357 e. The number of nitrogens with one attached hydrogen (secondary N) is 2. The van der Waals surface area contributed by atoms with Crippen molar-refractivity contribution >= 4 is 29.9 Å². The molecule has 0 aromatic rings. The van der Waals surface area contributed by atoms with E-state index in [-0.39, 0.29) is 24.0 Å². The lowest BCUT2D eigenvalue weighted by molar-refractivity contribution is 0.337. The van der Waals surface area contributed by atoms with Gasteiger partial charge in [0.15, 0.2) is 5.96 Å². The maximum absolute atomic E-state index is 4.50. The molecule has 0 saturated carbocycles. The van der Waals surface area contributed by atoms with E-state index in [1.165, 1.54) is 19.4 Å². The molecule has 0 radical (unpaired) electrons. The fourth-order valence-electron chi connectivity index (χ4n) is 1.38. The van der Waals surface area contributed by atoms with Crippen LogP contribution in [0.3, 0.4) is 0 Å². The zero-order valence-corrected chi connectivity index (χ0v) is 14.1. The predicted octanol–water partition coefficient (Wildman–Crippen LogP) is 1.91. The maximum atomic E-state index is 4.50. The van der Waals surface area contributed by atoms with Gasteiger partial charge >= 0.3 is 0 Å². The number of halogens is 1. The molecule has 0 saturated heterocycles. The van der Waals surface area contributed by atoms with Crippen molar-refractivity contribution in [1.82, 2.24) is 15.5 Å². The van der Waals surface area contributed by atoms with Gasteiger partial charge in [0.05, 0.1) is 6.54 Å². The lowest BCUT2D eigenvalue weighted by atomic mass is 10.3. The van der Waals surface area contributed by atoms with Crippen LogP contribution in [0.4, 0.5) is 0 Å². The monoisotopic (exact) mass is 356 g/mol. The van der Waals surface area contributed by atoms with E-state index in [1.807, 2.05) is 0 Å². The summed E-state index contributed by atoms with van der Waals surface area (Å²) < 4.78 is 0. The van der Waals surface area contributed by atoms with Crippen molar-refractivity contribution in [1.29, 1.82) is 0 Å². The molecule has 0 unspecified atom stereocenters. The third-order valence-electron chi connectivity index (χ3n) is 2.33. The molecule has 0 amide bonds. The summed E-state index contributed by atoms with van der Waals surface area (Å²) in [7, 11) is 2.16. The highest BCUT2D eigenvalue weighted by Gasteiger charge is 1.97. The summed E-state index contributed by atoms with van der Waals surface area (Å²) in [6.07, 6.45) is 2.53. The molecule has 5 heteroatoms. The average molecular weight is 356 g/mol. The van der Waals surface area contributed by atoms with Crippen LogP contribution >= 0.6 is 24.0 Å². The Kier molecular flexibility index (Phi) is 15.9. The molecule has 0 aromatic heterocycles. The molecular weight excluding hydrogens is 327 g/mol. The highest BCUT2D eigenvalue weighted by Crippen LogP contribution is 1.91. The van der Waals surface area contributed by atoms with E-state index in [0.29, 0.717) is 0 Å². The number of guanidine groups is 1. The van der Waals surface area contributed by atoms with Crippen LogP contribution in [0.1, 0.15) is 33.6 Å². The standard InChI is InChI=1S/C12H28N4.HI/c1-5-8-10-16(4)11-9-15-12(13-6-2)14-7-3;/h5-11H2,1-4H3,(H2,13,14,15);1H. The topological polar surface area (TPSA) is 39.7 Å². The third-order valence-corrected chi connectivity index (χ3v) is 2.33. The van der Waals surface area contributed by atoms with Gasteiger partial charge in [-0.1, -0.05) is 13.3 Å². The van der Waals surface area contributed by atoms with Crippen molar-refractivity contribution in [3.8, 4) is 0 Å². The highest BCUT2D eigenvalue weighted by molar-refractivity contribution is 14.0. The minimum Gasteiger partial charge on any atom is -0.357 e. The molecule has 0 bridgehead atoms. The second-order valence-corrected chi connectivity index (χ2v) is 3.95. The first-order valence-electron chi connectivity index (χ1n) is 6.45. The summed E-state index contributed by atoms with van der Waals surface area (Å²) in [5.41, 5.74) is 0. The van der Waals surface area contributed by atoms with Gasteiger partial charge < -0.3 is 15.5 Å². The van der Waals surface area contributed by atoms with Crippen LogP contribution in [0, 0.1) is 0 Å². The zero-order valence-electron chi connectivity index (χ0n) is 11.8. The number of aliphatic imine (C=N–C) groups is 1. The van der Waals surface area contributed by atoms with Crippen LogP contribution in [0.5, 0.6) is 0 Å². The lowest BCUT2D eigenvalue weighted by Gasteiger charge is -2.15. The highest BCUT2D eigenvalue weighted by atomic mass is 127. The van der Waals surface area contributed by atoms with Gasteiger partial charge in [-0.2, -0.15) is 0 Å². The van der Waals surface area contributed by atoms with Crippen molar-refractivity contribution < 1.29 is 0 Å². The average Bonchev–Trinajstić information content (AvgIpc) is 2.27. The first-order chi connectivity index (χ1) is 7.74. The Balaban J connectivity index is 0. The van der Waals surface area contributed by atoms with Crippen LogP contribution in [-0.4, -0.2) is 50.6 Å². The zero-order chi connectivity index (χ0) is 12.2. The van der Waals surface area contributed by atoms with Crippen molar-refractivity contribution in [2.24, 2.45) is 4.99 Å². The van der Waals surface area contributed by atoms with Gasteiger partial charge in [0, 0.05) is 19.6 Å². The molecular formula is C12H29IN4. The summed E-state index contributed by atoms with van der Waals surface area (Å²) in [5, 5.41) is 6.44. The third kappa shape index (κ3) is 12.2. The van der Waals surface area contributed by atoms with E-state index < -0.39 is 0 Å². The molecule has 0 spiro atoms. The van der Waals surface area contributed by atoms with Crippen molar-refractivity contribution in [3.63, 3.8) is 0 Å². The second-order valence-electron chi connectivity index (χ2n) is 3.95. The summed E-state index contributed by atoms with van der Waals surface area (Å²) in [6, 6.07) is 0. The van der Waals surface area contributed by atoms with E-state index in [0.717, 1.165) is 32.1 Å². The molecule has 0 aliphatic rings. The maximum Gasteiger partial charge on any atom is 0.191 e. The number of hydrogen-bond acceptors (Lipinski definition) is 2. The van der Waals surface area contributed by atoms with Gasteiger partial charge in [0.25, 0.3) is 0 Å². The van der Waals surface area contributed by atoms with E-state index in [2.05, 4.69) is 48.3 Å². The van der Waals surface area contributed by atoms with Crippen molar-refractivity contribution in [2.45, 2.75) is 33.6 Å². The number of unbranched alkanes of at least 4 members (excludes halogenated alkanes) is 1. The Labute approximate surface area is 124 Å². The minimum atomic E-state index is 0. The number of likely N-dealkylation sites (N-methyl/N-ethyl adjacent to an activating group) is 1. The van der Waals surface area contributed by atoms with E-state index in [4.69, 9.17) is 0 Å². The van der Waals surface area contributed by atoms with Gasteiger partial charge in [0.1, 0.15) is 0 Å². The van der Waals surface area contributed by atoms with Gasteiger partial charge in [-0.05, 0) is 33.9 Å². The van der Waals surface area contributed by atoms with Crippen molar-refractivity contribution in [2.75, 3.05) is 39.8 Å². The minimum absolute atomic E-state index is 0. The quantitative estimate of drug-likeness (QED) is 0.397. The van der Waals surface area contributed by atoms with Gasteiger partial charge in [-0.25, -0.2) is 0 Å². The number of hydrogen-bond donors (Lipinski definition) is 2. The van der Waals surface area contributed by atoms with Gasteiger partial charge in [0.2, 0.25) is 0 Å². The first kappa shape index (κ1) is 19.3. The summed E-state index contributed by atoms with van der Waals surface area (Å²) in [5.74, 6) is 0.925. The van der Waals surface area contributed by atoms with Crippen LogP contribution in [0.2, 0.25) is 0 Å². The second kappa shape index (κ2) is 14.0. The predicted molar refractivity (Wildman–Crippen MR) is 87.5 cm³/mol. The van der Waals surface area contributed by atoms with E-state index in [9.17, 15) is 0 Å². The molecule has 17 heavy (non-hydrogen) atoms. The Bertz CT molecular complexity index is 177. The fourth-order valence-corrected chi connectivity index (χ4v) is 1.38. The molecule has 0 rings (SSSR count). The van der Waals surface area contributed by atoms with E-state index in [1.54, 1.807) is 0 Å². The molecule has 2 N–H and O–H groups in total. The molecule has 0 heterocycles. The lowest BCUT2D eigenvalue weighted by Crippen LogP contribution is -2.37. The molecule has 0 aliphatic carbocycles. The molecule has 0 atom stereocenters. The fraction of sp³-hybridized carbons (Fsp3) is 0.917. The van der Waals surface area contributed by atoms with Gasteiger partial charge in [-0.15, -0.1) is 24.0 Å². The van der Waals surface area contributed by atoms with Crippen molar-refractivity contribution in [3.05, 3.63) is 0 Å². The van der Waals surface area contributed by atoms with Crippen LogP contribution in [-0.2, 0) is 0 Å².